The quantitative estimate of drug-likeness (QED) is 0.741. The smallest absolute Gasteiger partial charge is 0.180 e. The van der Waals surface area contributed by atoms with E-state index in [-0.39, 0.29) is 0 Å². The van der Waals surface area contributed by atoms with Crippen molar-refractivity contribution >= 4 is 17.2 Å². The molecular weight excluding hydrogens is 280 g/mol. The highest BCUT2D eigenvalue weighted by Crippen LogP contribution is 2.33. The van der Waals surface area contributed by atoms with Crippen molar-refractivity contribution in [2.24, 2.45) is 0 Å². The summed E-state index contributed by atoms with van der Waals surface area (Å²) in [6.45, 7) is 0. The zero-order valence-corrected chi connectivity index (χ0v) is 11.6. The second-order valence-electron chi connectivity index (χ2n) is 4.01. The van der Waals surface area contributed by atoms with Crippen LogP contribution in [-0.2, 0) is 0 Å². The summed E-state index contributed by atoms with van der Waals surface area (Å²) in [6.07, 6.45) is 3.13. The molecule has 0 aliphatic heterocycles. The van der Waals surface area contributed by atoms with Crippen LogP contribution in [0.4, 0.5) is 0 Å². The lowest BCUT2D eigenvalue weighted by Gasteiger charge is -2.09. The first-order chi connectivity index (χ1) is 9.74. The van der Waals surface area contributed by atoms with Gasteiger partial charge in [-0.1, -0.05) is 11.6 Å². The lowest BCUT2D eigenvalue weighted by atomic mass is 10.2. The van der Waals surface area contributed by atoms with Gasteiger partial charge in [-0.2, -0.15) is 0 Å². The summed E-state index contributed by atoms with van der Waals surface area (Å²) in [5, 5.41) is 8.64. The van der Waals surface area contributed by atoms with E-state index in [1.807, 2.05) is 12.1 Å². The van der Waals surface area contributed by atoms with E-state index in [1.165, 1.54) is 6.20 Å². The van der Waals surface area contributed by atoms with E-state index in [0.717, 1.165) is 5.56 Å². The lowest BCUT2D eigenvalue weighted by molar-refractivity contribution is 0.395. The molecule has 102 valence electrons. The molecule has 0 bridgehead atoms. The molecule has 0 fully saturated rings. The van der Waals surface area contributed by atoms with E-state index in [9.17, 15) is 0 Å². The minimum Gasteiger partial charge on any atom is -0.497 e. The molecule has 2 heterocycles. The molecule has 3 aromatic rings. The van der Waals surface area contributed by atoms with E-state index < -0.39 is 0 Å². The van der Waals surface area contributed by atoms with Crippen molar-refractivity contribution < 1.29 is 9.47 Å². The largest absolute Gasteiger partial charge is 0.497 e. The van der Waals surface area contributed by atoms with Crippen molar-refractivity contribution in [1.29, 1.82) is 0 Å². The maximum absolute atomic E-state index is 6.16. The third-order valence-electron chi connectivity index (χ3n) is 2.92. The highest BCUT2D eigenvalue weighted by molar-refractivity contribution is 6.29. The van der Waals surface area contributed by atoms with Crippen LogP contribution in [-0.4, -0.2) is 33.8 Å². The third-order valence-corrected chi connectivity index (χ3v) is 3.19. The number of ether oxygens (including phenoxy) is 2. The maximum atomic E-state index is 6.16. The summed E-state index contributed by atoms with van der Waals surface area (Å²) in [6, 6.07) is 5.46. The number of hydrogen-bond donors (Lipinski definition) is 0. The zero-order chi connectivity index (χ0) is 14.1. The second-order valence-corrected chi connectivity index (χ2v) is 4.40. The predicted molar refractivity (Wildman–Crippen MR) is 74.3 cm³/mol. The van der Waals surface area contributed by atoms with Crippen molar-refractivity contribution in [3.8, 4) is 22.9 Å². The van der Waals surface area contributed by atoms with Crippen LogP contribution < -0.4 is 9.47 Å². The Morgan fingerprint density at radius 1 is 1.10 bits per heavy atom. The maximum Gasteiger partial charge on any atom is 0.180 e. The van der Waals surface area contributed by atoms with Crippen molar-refractivity contribution in [2.45, 2.75) is 0 Å². The Hall–Kier alpha value is -2.34. The Balaban J connectivity index is 2.25. The first-order valence-corrected chi connectivity index (χ1v) is 6.19. The van der Waals surface area contributed by atoms with Gasteiger partial charge in [-0.05, 0) is 12.1 Å². The molecule has 20 heavy (non-hydrogen) atoms. The Kier molecular flexibility index (Phi) is 3.15. The van der Waals surface area contributed by atoms with E-state index in [2.05, 4.69) is 15.2 Å². The normalized spacial score (nSPS) is 10.8. The Bertz CT molecular complexity index is 772. The topological polar surface area (TPSA) is 61.5 Å². The summed E-state index contributed by atoms with van der Waals surface area (Å²) in [5.74, 6) is 1.92. The zero-order valence-electron chi connectivity index (χ0n) is 10.9. The summed E-state index contributed by atoms with van der Waals surface area (Å²) >= 11 is 6.16. The van der Waals surface area contributed by atoms with Crippen molar-refractivity contribution in [2.75, 3.05) is 14.2 Å². The van der Waals surface area contributed by atoms with Gasteiger partial charge in [0.15, 0.2) is 11.5 Å². The summed E-state index contributed by atoms with van der Waals surface area (Å²) < 4.78 is 12.3. The van der Waals surface area contributed by atoms with Crippen LogP contribution in [0.1, 0.15) is 0 Å². The molecule has 7 heteroatoms. The van der Waals surface area contributed by atoms with Gasteiger partial charge in [-0.25, -0.2) is 0 Å². The number of hydrogen-bond acceptors (Lipinski definition) is 5. The number of aromatic nitrogens is 4. The molecule has 1 aromatic carbocycles. The fraction of sp³-hybridized carbons (Fsp3) is 0.154. The molecule has 0 saturated heterocycles. The minimum atomic E-state index is 0.431. The standard InChI is InChI=1S/C13H11ClN4O2/c1-19-8-3-4-9(10(5-8)20-2)13-17-16-12-7-15-6-11(14)18(12)13/h3-7H,1-2H3. The average Bonchev–Trinajstić information content (AvgIpc) is 2.91. The van der Waals surface area contributed by atoms with Crippen LogP contribution >= 0.6 is 11.6 Å². The summed E-state index contributed by atoms with van der Waals surface area (Å²) in [7, 11) is 3.19. The molecule has 6 nitrogen and oxygen atoms in total. The van der Waals surface area contributed by atoms with Gasteiger partial charge in [0.25, 0.3) is 0 Å². The molecule has 0 unspecified atom stereocenters. The van der Waals surface area contributed by atoms with Crippen LogP contribution in [0.25, 0.3) is 17.0 Å². The van der Waals surface area contributed by atoms with E-state index in [1.54, 1.807) is 30.9 Å². The van der Waals surface area contributed by atoms with Crippen LogP contribution in [0, 0.1) is 0 Å². The first kappa shape index (κ1) is 12.7. The van der Waals surface area contributed by atoms with Gasteiger partial charge >= 0.3 is 0 Å². The summed E-state index contributed by atoms with van der Waals surface area (Å²) in [4.78, 5) is 3.98. The number of methoxy groups -OCH3 is 2. The highest BCUT2D eigenvalue weighted by atomic mass is 35.5. The third kappa shape index (κ3) is 1.94. The number of nitrogens with zero attached hydrogens (tertiary/aromatic N) is 4. The molecule has 0 spiro atoms. The average molecular weight is 291 g/mol. The lowest BCUT2D eigenvalue weighted by Crippen LogP contribution is -1.96. The molecule has 0 N–H and O–H groups in total. The van der Waals surface area contributed by atoms with Crippen LogP contribution in [0.2, 0.25) is 5.15 Å². The van der Waals surface area contributed by atoms with Gasteiger partial charge in [0.05, 0.1) is 32.2 Å². The number of benzene rings is 1. The van der Waals surface area contributed by atoms with Gasteiger partial charge in [-0.3, -0.25) is 9.38 Å². The number of halogens is 1. The Morgan fingerprint density at radius 3 is 2.70 bits per heavy atom. The van der Waals surface area contributed by atoms with Gasteiger partial charge in [0, 0.05) is 6.07 Å². The van der Waals surface area contributed by atoms with Gasteiger partial charge < -0.3 is 9.47 Å². The molecule has 0 saturated carbocycles. The number of rotatable bonds is 3. The molecule has 0 amide bonds. The monoisotopic (exact) mass is 290 g/mol. The SMILES string of the molecule is COc1ccc(-c2nnc3cncc(Cl)n23)c(OC)c1. The molecule has 0 atom stereocenters. The molecule has 2 aromatic heterocycles. The van der Waals surface area contributed by atoms with E-state index in [0.29, 0.717) is 28.1 Å². The Labute approximate surface area is 119 Å². The van der Waals surface area contributed by atoms with Crippen LogP contribution in [0.5, 0.6) is 11.5 Å². The van der Waals surface area contributed by atoms with Gasteiger partial charge in [-0.15, -0.1) is 10.2 Å². The van der Waals surface area contributed by atoms with Crippen LogP contribution in [0.3, 0.4) is 0 Å². The second kappa shape index (κ2) is 4.97. The molecular formula is C13H11ClN4O2. The first-order valence-electron chi connectivity index (χ1n) is 5.81. The fourth-order valence-electron chi connectivity index (χ4n) is 1.97. The summed E-state index contributed by atoms with van der Waals surface area (Å²) in [5.41, 5.74) is 1.35. The molecule has 0 radical (unpaired) electrons. The highest BCUT2D eigenvalue weighted by Gasteiger charge is 2.15. The van der Waals surface area contributed by atoms with Crippen molar-refractivity contribution in [1.82, 2.24) is 19.6 Å². The number of fused-ring (bicyclic) bond motifs is 1. The van der Waals surface area contributed by atoms with Crippen molar-refractivity contribution in [3.63, 3.8) is 0 Å². The molecule has 3 rings (SSSR count). The van der Waals surface area contributed by atoms with Gasteiger partial charge in [0.1, 0.15) is 16.7 Å². The van der Waals surface area contributed by atoms with E-state index >= 15 is 0 Å². The van der Waals surface area contributed by atoms with Gasteiger partial charge in [0.2, 0.25) is 0 Å². The molecule has 0 aliphatic carbocycles. The Morgan fingerprint density at radius 2 is 1.95 bits per heavy atom. The van der Waals surface area contributed by atoms with E-state index in [4.69, 9.17) is 21.1 Å². The fourth-order valence-corrected chi connectivity index (χ4v) is 2.19. The van der Waals surface area contributed by atoms with Crippen molar-refractivity contribution in [3.05, 3.63) is 35.7 Å². The minimum absolute atomic E-state index is 0.431. The molecule has 0 aliphatic rings. The predicted octanol–water partition coefficient (Wildman–Crippen LogP) is 2.46. The van der Waals surface area contributed by atoms with Crippen LogP contribution in [0.15, 0.2) is 30.6 Å².